The number of nitrogens with two attached hydrogens (primary N) is 1. The summed E-state index contributed by atoms with van der Waals surface area (Å²) in [5, 5.41) is 8.72. The summed E-state index contributed by atoms with van der Waals surface area (Å²) in [4.78, 5) is 15.6. The lowest BCUT2D eigenvalue weighted by molar-refractivity contribution is 0.0597. The Morgan fingerprint density at radius 1 is 1.35 bits per heavy atom. The maximum absolute atomic E-state index is 11.6. The van der Waals surface area contributed by atoms with Crippen LogP contribution >= 0.6 is 0 Å². The summed E-state index contributed by atoms with van der Waals surface area (Å²) in [7, 11) is 1.26. The molecule has 0 saturated heterocycles. The van der Waals surface area contributed by atoms with Crippen molar-refractivity contribution in [3.63, 3.8) is 0 Å². The molecule has 0 bridgehead atoms. The van der Waals surface area contributed by atoms with Crippen LogP contribution in [0.2, 0.25) is 0 Å². The minimum absolute atomic E-state index is 0.0933. The minimum atomic E-state index is -0.589. The van der Waals surface area contributed by atoms with E-state index < -0.39 is 5.97 Å². The molecule has 0 aliphatic rings. The molecule has 6 nitrogen and oxygen atoms in total. The van der Waals surface area contributed by atoms with Crippen LogP contribution in [0, 0.1) is 11.3 Å². The predicted molar refractivity (Wildman–Crippen MR) is 71.2 cm³/mol. The third-order valence-corrected chi connectivity index (χ3v) is 2.48. The van der Waals surface area contributed by atoms with E-state index in [2.05, 4.69) is 9.72 Å². The van der Waals surface area contributed by atoms with Crippen LogP contribution in [0.4, 0.5) is 5.69 Å². The SMILES string of the molecule is COC(=O)c1cc(N)cnc1Oc1ccc(C#N)cc1. The van der Waals surface area contributed by atoms with Crippen molar-refractivity contribution in [1.29, 1.82) is 5.26 Å². The number of rotatable bonds is 3. The van der Waals surface area contributed by atoms with Crippen molar-refractivity contribution in [2.45, 2.75) is 0 Å². The van der Waals surface area contributed by atoms with Gasteiger partial charge in [-0.15, -0.1) is 0 Å². The lowest BCUT2D eigenvalue weighted by Gasteiger charge is -2.09. The number of pyridine rings is 1. The molecule has 0 radical (unpaired) electrons. The van der Waals surface area contributed by atoms with Crippen LogP contribution in [-0.2, 0) is 4.74 Å². The van der Waals surface area contributed by atoms with E-state index in [9.17, 15) is 4.79 Å². The Bertz CT molecular complexity index is 675. The summed E-state index contributed by atoms with van der Waals surface area (Å²) in [6, 6.07) is 9.85. The largest absolute Gasteiger partial charge is 0.465 e. The molecule has 0 saturated carbocycles. The summed E-state index contributed by atoms with van der Waals surface area (Å²) in [6.45, 7) is 0. The van der Waals surface area contributed by atoms with E-state index in [1.165, 1.54) is 19.4 Å². The van der Waals surface area contributed by atoms with Gasteiger partial charge in [-0.25, -0.2) is 9.78 Å². The van der Waals surface area contributed by atoms with Gasteiger partial charge in [0, 0.05) is 0 Å². The van der Waals surface area contributed by atoms with Gasteiger partial charge in [0.2, 0.25) is 5.88 Å². The van der Waals surface area contributed by atoms with Crippen molar-refractivity contribution in [1.82, 2.24) is 4.98 Å². The number of ether oxygens (including phenoxy) is 2. The van der Waals surface area contributed by atoms with Crippen LogP contribution in [0.25, 0.3) is 0 Å². The van der Waals surface area contributed by atoms with Gasteiger partial charge in [-0.2, -0.15) is 5.26 Å². The molecule has 0 aliphatic heterocycles. The highest BCUT2D eigenvalue weighted by atomic mass is 16.5. The quantitative estimate of drug-likeness (QED) is 0.857. The van der Waals surface area contributed by atoms with E-state index in [-0.39, 0.29) is 11.4 Å². The Morgan fingerprint density at radius 2 is 2.05 bits per heavy atom. The second-order valence-corrected chi connectivity index (χ2v) is 3.85. The molecule has 1 aromatic heterocycles. The van der Waals surface area contributed by atoms with Crippen molar-refractivity contribution >= 4 is 11.7 Å². The fourth-order valence-electron chi connectivity index (χ4n) is 1.52. The number of hydrogen-bond donors (Lipinski definition) is 1. The fourth-order valence-corrected chi connectivity index (χ4v) is 1.52. The maximum Gasteiger partial charge on any atom is 0.343 e. The van der Waals surface area contributed by atoms with Gasteiger partial charge in [-0.05, 0) is 30.3 Å². The normalized spacial score (nSPS) is 9.60. The van der Waals surface area contributed by atoms with E-state index in [0.29, 0.717) is 17.0 Å². The van der Waals surface area contributed by atoms with Gasteiger partial charge >= 0.3 is 5.97 Å². The first kappa shape index (κ1) is 13.4. The van der Waals surface area contributed by atoms with Crippen LogP contribution in [0.5, 0.6) is 11.6 Å². The van der Waals surface area contributed by atoms with Crippen LogP contribution in [0.1, 0.15) is 15.9 Å². The molecule has 0 fully saturated rings. The number of anilines is 1. The molecule has 20 heavy (non-hydrogen) atoms. The van der Waals surface area contributed by atoms with Gasteiger partial charge in [0.1, 0.15) is 11.3 Å². The van der Waals surface area contributed by atoms with Gasteiger partial charge in [-0.3, -0.25) is 0 Å². The monoisotopic (exact) mass is 269 g/mol. The molecule has 100 valence electrons. The number of nitrogen functional groups attached to an aromatic ring is 1. The molecule has 6 heteroatoms. The molecule has 0 atom stereocenters. The van der Waals surface area contributed by atoms with E-state index in [1.807, 2.05) is 6.07 Å². The Hall–Kier alpha value is -3.07. The van der Waals surface area contributed by atoms with Crippen molar-refractivity contribution in [2.75, 3.05) is 12.8 Å². The molecule has 0 amide bonds. The fraction of sp³-hybridized carbons (Fsp3) is 0.0714. The maximum atomic E-state index is 11.6. The topological polar surface area (TPSA) is 98.2 Å². The standard InChI is InChI=1S/C14H11N3O3/c1-19-14(18)12-6-10(16)8-17-13(12)20-11-4-2-9(7-15)3-5-11/h2-6,8H,16H2,1H3. The number of benzene rings is 1. The van der Waals surface area contributed by atoms with Crippen LogP contribution in [0.15, 0.2) is 36.5 Å². The van der Waals surface area contributed by atoms with Gasteiger partial charge in [0.15, 0.2) is 0 Å². The first-order valence-corrected chi connectivity index (χ1v) is 5.66. The number of carbonyl (C=O) groups is 1. The van der Waals surface area contributed by atoms with E-state index >= 15 is 0 Å². The molecule has 1 aromatic carbocycles. The second-order valence-electron chi connectivity index (χ2n) is 3.85. The van der Waals surface area contributed by atoms with Gasteiger partial charge < -0.3 is 15.2 Å². The van der Waals surface area contributed by atoms with Gasteiger partial charge in [-0.1, -0.05) is 0 Å². The number of carbonyl (C=O) groups excluding carboxylic acids is 1. The summed E-state index contributed by atoms with van der Waals surface area (Å²) in [5.41, 5.74) is 6.57. The van der Waals surface area contributed by atoms with E-state index in [4.69, 9.17) is 15.7 Å². The smallest absolute Gasteiger partial charge is 0.343 e. The number of methoxy groups -OCH3 is 1. The summed E-state index contributed by atoms with van der Waals surface area (Å²) >= 11 is 0. The molecule has 2 rings (SSSR count). The summed E-state index contributed by atoms with van der Waals surface area (Å²) in [5.74, 6) is -0.0457. The number of aromatic nitrogens is 1. The first-order chi connectivity index (χ1) is 9.63. The van der Waals surface area contributed by atoms with E-state index in [1.54, 1.807) is 24.3 Å². The van der Waals surface area contributed by atoms with Crippen molar-refractivity contribution in [3.8, 4) is 17.7 Å². The minimum Gasteiger partial charge on any atom is -0.465 e. The lowest BCUT2D eigenvalue weighted by Crippen LogP contribution is -2.06. The third-order valence-electron chi connectivity index (χ3n) is 2.48. The third kappa shape index (κ3) is 2.84. The molecule has 2 N–H and O–H groups in total. The van der Waals surface area contributed by atoms with E-state index in [0.717, 1.165) is 0 Å². The lowest BCUT2D eigenvalue weighted by atomic mass is 10.2. The van der Waals surface area contributed by atoms with Crippen LogP contribution in [-0.4, -0.2) is 18.1 Å². The Kier molecular flexibility index (Phi) is 3.82. The molecule has 1 heterocycles. The number of hydrogen-bond acceptors (Lipinski definition) is 6. The highest BCUT2D eigenvalue weighted by molar-refractivity contribution is 5.92. The van der Waals surface area contributed by atoms with Crippen molar-refractivity contribution < 1.29 is 14.3 Å². The zero-order chi connectivity index (χ0) is 14.5. The number of esters is 1. The summed E-state index contributed by atoms with van der Waals surface area (Å²) < 4.78 is 10.2. The Morgan fingerprint density at radius 3 is 2.65 bits per heavy atom. The molecular weight excluding hydrogens is 258 g/mol. The average molecular weight is 269 g/mol. The highest BCUT2D eigenvalue weighted by Gasteiger charge is 2.15. The Labute approximate surface area is 115 Å². The first-order valence-electron chi connectivity index (χ1n) is 5.66. The molecule has 0 aliphatic carbocycles. The van der Waals surface area contributed by atoms with Gasteiger partial charge in [0.05, 0.1) is 30.6 Å². The Balaban J connectivity index is 2.32. The molecular formula is C14H11N3O3. The van der Waals surface area contributed by atoms with Crippen LogP contribution in [0.3, 0.4) is 0 Å². The molecule has 2 aromatic rings. The highest BCUT2D eigenvalue weighted by Crippen LogP contribution is 2.25. The van der Waals surface area contributed by atoms with Gasteiger partial charge in [0.25, 0.3) is 0 Å². The molecule has 0 spiro atoms. The predicted octanol–water partition coefficient (Wildman–Crippen LogP) is 2.11. The summed E-state index contributed by atoms with van der Waals surface area (Å²) in [6.07, 6.45) is 1.38. The average Bonchev–Trinajstić information content (AvgIpc) is 2.49. The zero-order valence-corrected chi connectivity index (χ0v) is 10.7. The van der Waals surface area contributed by atoms with Crippen molar-refractivity contribution in [3.05, 3.63) is 47.7 Å². The number of nitriles is 1. The number of nitrogens with zero attached hydrogens (tertiary/aromatic N) is 2. The van der Waals surface area contributed by atoms with Crippen molar-refractivity contribution in [2.24, 2.45) is 0 Å². The second kappa shape index (κ2) is 5.71. The molecule has 0 unspecified atom stereocenters. The zero-order valence-electron chi connectivity index (χ0n) is 10.7. The van der Waals surface area contributed by atoms with Crippen LogP contribution < -0.4 is 10.5 Å².